The summed E-state index contributed by atoms with van der Waals surface area (Å²) < 4.78 is 0. The van der Waals surface area contributed by atoms with E-state index in [9.17, 15) is 14.7 Å². The van der Waals surface area contributed by atoms with Crippen LogP contribution >= 0.6 is 0 Å². The molecule has 0 spiro atoms. The summed E-state index contributed by atoms with van der Waals surface area (Å²) in [6, 6.07) is -0.251. The van der Waals surface area contributed by atoms with Gasteiger partial charge in [-0.1, -0.05) is 32.6 Å². The molecule has 0 saturated heterocycles. The summed E-state index contributed by atoms with van der Waals surface area (Å²) in [5, 5.41) is 14.7. The SMILES string of the molecule is CCCCCNC(=O)NCC1(C(=O)O)CCCC1. The number of carbonyl (C=O) groups excluding carboxylic acids is 1. The summed E-state index contributed by atoms with van der Waals surface area (Å²) in [5.41, 5.74) is -0.735. The van der Waals surface area contributed by atoms with E-state index in [-0.39, 0.29) is 12.6 Å². The minimum Gasteiger partial charge on any atom is -0.481 e. The first-order valence-electron chi connectivity index (χ1n) is 6.86. The number of hydrogen-bond donors (Lipinski definition) is 3. The van der Waals surface area contributed by atoms with E-state index in [1.165, 1.54) is 0 Å². The van der Waals surface area contributed by atoms with Crippen LogP contribution in [0.5, 0.6) is 0 Å². The van der Waals surface area contributed by atoms with Crippen molar-refractivity contribution in [3.05, 3.63) is 0 Å². The molecule has 2 amide bonds. The third-order valence-corrected chi connectivity index (χ3v) is 3.67. The molecule has 0 aromatic heterocycles. The molecule has 1 saturated carbocycles. The number of hydrogen-bond acceptors (Lipinski definition) is 2. The van der Waals surface area contributed by atoms with E-state index in [0.29, 0.717) is 19.4 Å². The van der Waals surface area contributed by atoms with Crippen molar-refractivity contribution in [2.45, 2.75) is 51.9 Å². The van der Waals surface area contributed by atoms with Gasteiger partial charge in [0.15, 0.2) is 0 Å². The van der Waals surface area contributed by atoms with E-state index in [1.54, 1.807) is 0 Å². The monoisotopic (exact) mass is 256 g/mol. The molecule has 1 rings (SSSR count). The summed E-state index contributed by atoms with van der Waals surface area (Å²) in [6.07, 6.45) is 6.38. The second-order valence-electron chi connectivity index (χ2n) is 5.11. The highest BCUT2D eigenvalue weighted by Gasteiger charge is 2.41. The van der Waals surface area contributed by atoms with Crippen molar-refractivity contribution in [3.8, 4) is 0 Å². The predicted octanol–water partition coefficient (Wildman–Crippen LogP) is 2.12. The van der Waals surface area contributed by atoms with Crippen molar-refractivity contribution in [1.29, 1.82) is 0 Å². The Hall–Kier alpha value is -1.26. The first-order valence-corrected chi connectivity index (χ1v) is 6.86. The Morgan fingerprint density at radius 1 is 1.17 bits per heavy atom. The van der Waals surface area contributed by atoms with Crippen LogP contribution in [0, 0.1) is 5.41 Å². The average Bonchev–Trinajstić information content (AvgIpc) is 2.82. The zero-order chi connectivity index (χ0) is 13.4. The topological polar surface area (TPSA) is 78.4 Å². The molecule has 1 aliphatic carbocycles. The average molecular weight is 256 g/mol. The van der Waals surface area contributed by atoms with Crippen LogP contribution in [-0.4, -0.2) is 30.2 Å². The number of amides is 2. The van der Waals surface area contributed by atoms with E-state index in [0.717, 1.165) is 32.1 Å². The second-order valence-corrected chi connectivity index (χ2v) is 5.11. The van der Waals surface area contributed by atoms with Crippen molar-refractivity contribution in [1.82, 2.24) is 10.6 Å². The Morgan fingerprint density at radius 3 is 2.39 bits per heavy atom. The molecule has 1 fully saturated rings. The van der Waals surface area contributed by atoms with Crippen LogP contribution in [0.15, 0.2) is 0 Å². The fraction of sp³-hybridized carbons (Fsp3) is 0.846. The van der Waals surface area contributed by atoms with Gasteiger partial charge in [-0.2, -0.15) is 0 Å². The van der Waals surface area contributed by atoms with E-state index in [1.807, 2.05) is 0 Å². The number of unbranched alkanes of at least 4 members (excludes halogenated alkanes) is 2. The molecule has 0 aromatic rings. The number of urea groups is 1. The fourth-order valence-electron chi connectivity index (χ4n) is 2.41. The van der Waals surface area contributed by atoms with Crippen LogP contribution in [0.4, 0.5) is 4.79 Å². The lowest BCUT2D eigenvalue weighted by atomic mass is 9.86. The zero-order valence-corrected chi connectivity index (χ0v) is 11.1. The smallest absolute Gasteiger partial charge is 0.314 e. The van der Waals surface area contributed by atoms with Gasteiger partial charge < -0.3 is 15.7 Å². The van der Waals surface area contributed by atoms with Gasteiger partial charge in [0, 0.05) is 13.1 Å². The van der Waals surface area contributed by atoms with Gasteiger partial charge in [-0.15, -0.1) is 0 Å². The molecular weight excluding hydrogens is 232 g/mol. The van der Waals surface area contributed by atoms with Crippen molar-refractivity contribution in [2.24, 2.45) is 5.41 Å². The molecule has 0 radical (unpaired) electrons. The Labute approximate surface area is 108 Å². The van der Waals surface area contributed by atoms with Gasteiger partial charge in [0.25, 0.3) is 0 Å². The molecule has 0 heterocycles. The Balaban J connectivity index is 2.26. The van der Waals surface area contributed by atoms with Gasteiger partial charge in [-0.25, -0.2) is 4.79 Å². The number of nitrogens with one attached hydrogen (secondary N) is 2. The van der Waals surface area contributed by atoms with Gasteiger partial charge in [0.05, 0.1) is 5.41 Å². The normalized spacial score (nSPS) is 17.4. The van der Waals surface area contributed by atoms with Gasteiger partial charge in [0.1, 0.15) is 0 Å². The highest BCUT2D eigenvalue weighted by molar-refractivity contribution is 5.78. The Bertz CT molecular complexity index is 286. The van der Waals surface area contributed by atoms with Crippen molar-refractivity contribution in [2.75, 3.05) is 13.1 Å². The maximum absolute atomic E-state index is 11.5. The molecular formula is C13H24N2O3. The first kappa shape index (κ1) is 14.8. The minimum atomic E-state index is -0.786. The van der Waals surface area contributed by atoms with Crippen molar-refractivity contribution >= 4 is 12.0 Å². The van der Waals surface area contributed by atoms with Crippen LogP contribution in [-0.2, 0) is 4.79 Å². The van der Waals surface area contributed by atoms with E-state index in [4.69, 9.17) is 0 Å². The highest BCUT2D eigenvalue weighted by atomic mass is 16.4. The number of carboxylic acids is 1. The summed E-state index contributed by atoms with van der Waals surface area (Å²) in [7, 11) is 0. The first-order chi connectivity index (χ1) is 8.60. The molecule has 0 unspecified atom stereocenters. The minimum absolute atomic E-state index is 0.238. The van der Waals surface area contributed by atoms with Crippen LogP contribution in [0.25, 0.3) is 0 Å². The molecule has 0 atom stereocenters. The lowest BCUT2D eigenvalue weighted by Gasteiger charge is -2.24. The van der Waals surface area contributed by atoms with Crippen molar-refractivity contribution in [3.63, 3.8) is 0 Å². The molecule has 5 nitrogen and oxygen atoms in total. The summed E-state index contributed by atoms with van der Waals surface area (Å²) in [5.74, 6) is -0.786. The number of rotatable bonds is 7. The highest BCUT2D eigenvalue weighted by Crippen LogP contribution is 2.37. The molecule has 104 valence electrons. The molecule has 1 aliphatic rings. The lowest BCUT2D eigenvalue weighted by molar-refractivity contribution is -0.148. The van der Waals surface area contributed by atoms with Crippen LogP contribution in [0.1, 0.15) is 51.9 Å². The number of carbonyl (C=O) groups is 2. The number of carboxylic acid groups (broad SMARTS) is 1. The lowest BCUT2D eigenvalue weighted by Crippen LogP contribution is -2.45. The predicted molar refractivity (Wildman–Crippen MR) is 69.5 cm³/mol. The summed E-state index contributed by atoms with van der Waals surface area (Å²) in [6.45, 7) is 3.00. The van der Waals surface area contributed by atoms with E-state index < -0.39 is 11.4 Å². The van der Waals surface area contributed by atoms with Crippen LogP contribution in [0.2, 0.25) is 0 Å². The largest absolute Gasteiger partial charge is 0.481 e. The number of aliphatic carboxylic acids is 1. The van der Waals surface area contributed by atoms with E-state index >= 15 is 0 Å². The van der Waals surface area contributed by atoms with Gasteiger partial charge in [-0.05, 0) is 19.3 Å². The molecule has 5 heteroatoms. The maximum atomic E-state index is 11.5. The van der Waals surface area contributed by atoms with E-state index in [2.05, 4.69) is 17.6 Å². The molecule has 0 aromatic carbocycles. The van der Waals surface area contributed by atoms with Crippen molar-refractivity contribution < 1.29 is 14.7 Å². The van der Waals surface area contributed by atoms with Crippen LogP contribution < -0.4 is 10.6 Å². The summed E-state index contributed by atoms with van der Waals surface area (Å²) >= 11 is 0. The van der Waals surface area contributed by atoms with Gasteiger partial charge in [0.2, 0.25) is 0 Å². The standard InChI is InChI=1S/C13H24N2O3/c1-2-3-6-9-14-12(18)15-10-13(11(16)17)7-4-5-8-13/h2-10H2,1H3,(H,16,17)(H2,14,15,18). The maximum Gasteiger partial charge on any atom is 0.314 e. The third kappa shape index (κ3) is 4.20. The summed E-state index contributed by atoms with van der Waals surface area (Å²) in [4.78, 5) is 22.8. The third-order valence-electron chi connectivity index (χ3n) is 3.67. The Morgan fingerprint density at radius 2 is 1.83 bits per heavy atom. The zero-order valence-electron chi connectivity index (χ0n) is 11.1. The van der Waals surface area contributed by atoms with Crippen LogP contribution in [0.3, 0.4) is 0 Å². The second kappa shape index (κ2) is 7.24. The molecule has 3 N–H and O–H groups in total. The Kier molecular flexibility index (Phi) is 5.95. The molecule has 18 heavy (non-hydrogen) atoms. The molecule has 0 aliphatic heterocycles. The van der Waals surface area contributed by atoms with Gasteiger partial charge in [-0.3, -0.25) is 4.79 Å². The van der Waals surface area contributed by atoms with Gasteiger partial charge >= 0.3 is 12.0 Å². The molecule has 0 bridgehead atoms. The fourth-order valence-corrected chi connectivity index (χ4v) is 2.41. The quantitative estimate of drug-likeness (QED) is 0.610.